The Morgan fingerprint density at radius 2 is 2.24 bits per heavy atom. The summed E-state index contributed by atoms with van der Waals surface area (Å²) >= 11 is 1.85. The maximum Gasteiger partial charge on any atom is 0.343 e. The number of nitrogens with one attached hydrogen (secondary N) is 1. The predicted molar refractivity (Wildman–Crippen MR) is 84.0 cm³/mol. The summed E-state index contributed by atoms with van der Waals surface area (Å²) in [6, 6.07) is 4.56. The van der Waals surface area contributed by atoms with Gasteiger partial charge in [-0.15, -0.1) is 0 Å². The molecule has 2 N–H and O–H groups in total. The predicted octanol–water partition coefficient (Wildman–Crippen LogP) is 2.91. The third kappa shape index (κ3) is 5.35. The molecular formula is C14H20N2O4S. The Kier molecular flexibility index (Phi) is 7.18. The number of carbonyl (C=O) groups is 1. The van der Waals surface area contributed by atoms with Crippen molar-refractivity contribution in [2.45, 2.75) is 32.9 Å². The highest BCUT2D eigenvalue weighted by Crippen LogP contribution is 2.22. The van der Waals surface area contributed by atoms with Crippen LogP contribution in [0.5, 0.6) is 0 Å². The van der Waals surface area contributed by atoms with Crippen molar-refractivity contribution in [3.8, 4) is 0 Å². The van der Waals surface area contributed by atoms with Crippen LogP contribution in [0.3, 0.4) is 0 Å². The van der Waals surface area contributed by atoms with Gasteiger partial charge in [-0.1, -0.05) is 19.1 Å². The minimum atomic E-state index is -1.27. The number of carboxylic acids is 1. The summed E-state index contributed by atoms with van der Waals surface area (Å²) in [5.74, 6) is 0.833. The maximum absolute atomic E-state index is 11.3. The average molecular weight is 312 g/mol. The first-order valence-electron chi connectivity index (χ1n) is 6.78. The van der Waals surface area contributed by atoms with Gasteiger partial charge < -0.3 is 10.4 Å². The van der Waals surface area contributed by atoms with E-state index in [4.69, 9.17) is 0 Å². The molecule has 1 aromatic carbocycles. The summed E-state index contributed by atoms with van der Waals surface area (Å²) in [6.45, 7) is 4.43. The van der Waals surface area contributed by atoms with E-state index in [2.05, 4.69) is 12.2 Å². The van der Waals surface area contributed by atoms with Crippen LogP contribution in [0, 0.1) is 10.1 Å². The Hall–Kier alpha value is -1.60. The summed E-state index contributed by atoms with van der Waals surface area (Å²) in [7, 11) is 0. The fourth-order valence-corrected chi connectivity index (χ4v) is 2.73. The molecule has 21 heavy (non-hydrogen) atoms. The molecule has 0 fully saturated rings. The second-order valence-corrected chi connectivity index (χ2v) is 6.03. The normalized spacial score (nSPS) is 12.1. The van der Waals surface area contributed by atoms with Gasteiger partial charge in [0.05, 0.1) is 4.92 Å². The van der Waals surface area contributed by atoms with Crippen LogP contribution in [0.15, 0.2) is 18.2 Å². The zero-order valence-corrected chi connectivity index (χ0v) is 13.0. The van der Waals surface area contributed by atoms with E-state index in [-0.39, 0.29) is 17.3 Å². The molecule has 6 nitrogen and oxygen atoms in total. The molecule has 0 amide bonds. The Morgan fingerprint density at radius 1 is 1.52 bits per heavy atom. The second-order valence-electron chi connectivity index (χ2n) is 4.64. The van der Waals surface area contributed by atoms with Crippen molar-refractivity contribution in [2.24, 2.45) is 0 Å². The van der Waals surface area contributed by atoms with Gasteiger partial charge in [-0.2, -0.15) is 11.8 Å². The number of hydrogen-bond acceptors (Lipinski definition) is 5. The quantitative estimate of drug-likeness (QED) is 0.414. The van der Waals surface area contributed by atoms with Crippen molar-refractivity contribution in [3.05, 3.63) is 39.4 Å². The summed E-state index contributed by atoms with van der Waals surface area (Å²) < 4.78 is 0. The fraction of sp³-hybridized carbons (Fsp3) is 0.500. The number of carboxylic acid groups (broad SMARTS) is 1. The van der Waals surface area contributed by atoms with Crippen LogP contribution < -0.4 is 5.32 Å². The van der Waals surface area contributed by atoms with Crippen molar-refractivity contribution >= 4 is 23.4 Å². The molecule has 0 aromatic heterocycles. The molecule has 0 aliphatic rings. The molecule has 0 aliphatic heterocycles. The molecule has 0 heterocycles. The number of rotatable bonds is 9. The van der Waals surface area contributed by atoms with Crippen LogP contribution in [0.4, 0.5) is 5.69 Å². The van der Waals surface area contributed by atoms with Crippen LogP contribution in [0.25, 0.3) is 0 Å². The van der Waals surface area contributed by atoms with E-state index >= 15 is 0 Å². The van der Waals surface area contributed by atoms with Gasteiger partial charge in [-0.3, -0.25) is 10.1 Å². The Morgan fingerprint density at radius 3 is 2.81 bits per heavy atom. The second kappa shape index (κ2) is 8.63. The molecule has 0 saturated carbocycles. The Balaban J connectivity index is 2.77. The SMILES string of the molecule is CCSCCC(C)NCc1cccc([N+](=O)[O-])c1C(=O)O. The van der Waals surface area contributed by atoms with Crippen LogP contribution in [0.1, 0.15) is 36.2 Å². The van der Waals surface area contributed by atoms with E-state index in [1.807, 2.05) is 18.7 Å². The topological polar surface area (TPSA) is 92.5 Å². The zero-order valence-electron chi connectivity index (χ0n) is 12.2. The first-order valence-corrected chi connectivity index (χ1v) is 7.93. The molecule has 0 radical (unpaired) electrons. The van der Waals surface area contributed by atoms with Crippen molar-refractivity contribution in [1.82, 2.24) is 5.32 Å². The number of hydrogen-bond donors (Lipinski definition) is 2. The van der Waals surface area contributed by atoms with Crippen LogP contribution in [-0.4, -0.2) is 33.5 Å². The number of nitrogens with zero attached hydrogens (tertiary/aromatic N) is 1. The fourth-order valence-electron chi connectivity index (χ4n) is 1.92. The summed E-state index contributed by atoms with van der Waals surface area (Å²) in [6.07, 6.45) is 0.968. The maximum atomic E-state index is 11.3. The minimum absolute atomic E-state index is 0.227. The third-order valence-corrected chi connectivity index (χ3v) is 4.01. The zero-order chi connectivity index (χ0) is 15.8. The Labute approximate surface area is 128 Å². The molecule has 0 spiro atoms. The lowest BCUT2D eigenvalue weighted by molar-refractivity contribution is -0.385. The molecule has 0 bridgehead atoms. The van der Waals surface area contributed by atoms with Crippen molar-refractivity contribution in [1.29, 1.82) is 0 Å². The van der Waals surface area contributed by atoms with E-state index in [9.17, 15) is 20.0 Å². The highest BCUT2D eigenvalue weighted by Gasteiger charge is 2.23. The first-order chi connectivity index (χ1) is 9.97. The van der Waals surface area contributed by atoms with Gasteiger partial charge in [0.2, 0.25) is 0 Å². The minimum Gasteiger partial charge on any atom is -0.477 e. The van der Waals surface area contributed by atoms with E-state index < -0.39 is 10.9 Å². The van der Waals surface area contributed by atoms with Crippen LogP contribution >= 0.6 is 11.8 Å². The van der Waals surface area contributed by atoms with E-state index in [1.165, 1.54) is 12.1 Å². The molecule has 1 atom stereocenters. The molecule has 116 valence electrons. The molecule has 0 aliphatic carbocycles. The molecule has 1 aromatic rings. The van der Waals surface area contributed by atoms with Crippen molar-refractivity contribution in [2.75, 3.05) is 11.5 Å². The van der Waals surface area contributed by atoms with Gasteiger partial charge in [0.25, 0.3) is 5.69 Å². The lowest BCUT2D eigenvalue weighted by Gasteiger charge is -2.14. The molecule has 0 saturated heterocycles. The third-order valence-electron chi connectivity index (χ3n) is 3.08. The van der Waals surface area contributed by atoms with Crippen molar-refractivity contribution < 1.29 is 14.8 Å². The van der Waals surface area contributed by atoms with E-state index in [0.29, 0.717) is 12.1 Å². The average Bonchev–Trinajstić information content (AvgIpc) is 2.44. The summed E-state index contributed by atoms with van der Waals surface area (Å²) in [5.41, 5.74) is -0.159. The van der Waals surface area contributed by atoms with Gasteiger partial charge in [-0.05, 0) is 30.4 Å². The molecule has 7 heteroatoms. The number of nitro groups is 1. The number of nitro benzene ring substituents is 1. The van der Waals surface area contributed by atoms with E-state index in [1.54, 1.807) is 6.07 Å². The summed E-state index contributed by atoms with van der Waals surface area (Å²) in [4.78, 5) is 21.5. The molecular weight excluding hydrogens is 292 g/mol. The van der Waals surface area contributed by atoms with Crippen LogP contribution in [0.2, 0.25) is 0 Å². The highest BCUT2D eigenvalue weighted by molar-refractivity contribution is 7.99. The standard InChI is InChI=1S/C14H20N2O4S/c1-3-21-8-7-10(2)15-9-11-5-4-6-12(16(19)20)13(11)14(17)18/h4-6,10,15H,3,7-9H2,1-2H3,(H,17,18). The molecule has 1 rings (SSSR count). The first kappa shape index (κ1) is 17.5. The summed E-state index contributed by atoms with van der Waals surface area (Å²) in [5, 5.41) is 23.3. The van der Waals surface area contributed by atoms with Gasteiger partial charge in [0.15, 0.2) is 0 Å². The Bertz CT molecular complexity index is 508. The van der Waals surface area contributed by atoms with Gasteiger partial charge in [0, 0.05) is 18.7 Å². The number of benzene rings is 1. The smallest absolute Gasteiger partial charge is 0.343 e. The van der Waals surface area contributed by atoms with Crippen LogP contribution in [-0.2, 0) is 6.54 Å². The largest absolute Gasteiger partial charge is 0.477 e. The van der Waals surface area contributed by atoms with Gasteiger partial charge >= 0.3 is 5.97 Å². The van der Waals surface area contributed by atoms with Gasteiger partial charge in [0.1, 0.15) is 5.56 Å². The number of aromatic carboxylic acids is 1. The lowest BCUT2D eigenvalue weighted by Crippen LogP contribution is -2.27. The lowest BCUT2D eigenvalue weighted by atomic mass is 10.0. The van der Waals surface area contributed by atoms with Gasteiger partial charge in [-0.25, -0.2) is 4.79 Å². The monoisotopic (exact) mass is 312 g/mol. The molecule has 1 unspecified atom stereocenters. The van der Waals surface area contributed by atoms with Crippen molar-refractivity contribution in [3.63, 3.8) is 0 Å². The highest BCUT2D eigenvalue weighted by atomic mass is 32.2. The number of thioether (sulfide) groups is 1. The van der Waals surface area contributed by atoms with E-state index in [0.717, 1.165) is 17.9 Å².